The third-order valence-electron chi connectivity index (χ3n) is 3.74. The summed E-state index contributed by atoms with van der Waals surface area (Å²) in [7, 11) is 1.94. The van der Waals surface area contributed by atoms with E-state index < -0.39 is 0 Å². The van der Waals surface area contributed by atoms with Gasteiger partial charge >= 0.3 is 0 Å². The van der Waals surface area contributed by atoms with Crippen molar-refractivity contribution in [3.8, 4) is 0 Å². The molecule has 3 heteroatoms. The highest BCUT2D eigenvalue weighted by molar-refractivity contribution is 5.76. The lowest BCUT2D eigenvalue weighted by Crippen LogP contribution is -2.34. The fraction of sp³-hybridized carbons (Fsp3) is 0.688. The second-order valence-electron chi connectivity index (χ2n) is 5.34. The minimum Gasteiger partial charge on any atom is -0.350 e. The third kappa shape index (κ3) is 6.06. The average Bonchev–Trinajstić information content (AvgIpc) is 2.43. The van der Waals surface area contributed by atoms with Gasteiger partial charge in [-0.2, -0.15) is 0 Å². The zero-order chi connectivity index (χ0) is 14.1. The van der Waals surface area contributed by atoms with Gasteiger partial charge in [0, 0.05) is 6.42 Å². The molecule has 2 N–H and O–H groups in total. The first-order valence-corrected chi connectivity index (χ1v) is 7.49. The van der Waals surface area contributed by atoms with Gasteiger partial charge in [-0.1, -0.05) is 32.1 Å². The summed E-state index contributed by atoms with van der Waals surface area (Å²) < 4.78 is 0. The number of nitrogens with one attached hydrogen (secondary N) is 2. The SMILES string of the molecule is CCC(C)C1=CCC(NC(=O)CCCCNC)C=C1. The molecule has 0 aromatic rings. The first kappa shape index (κ1) is 16.0. The van der Waals surface area contributed by atoms with Gasteiger partial charge in [0.25, 0.3) is 0 Å². The van der Waals surface area contributed by atoms with Crippen molar-refractivity contribution in [2.75, 3.05) is 13.6 Å². The van der Waals surface area contributed by atoms with Crippen LogP contribution in [0, 0.1) is 5.92 Å². The molecule has 2 atom stereocenters. The van der Waals surface area contributed by atoms with E-state index in [2.05, 4.69) is 42.7 Å². The molecule has 108 valence electrons. The van der Waals surface area contributed by atoms with Gasteiger partial charge in [-0.25, -0.2) is 0 Å². The lowest BCUT2D eigenvalue weighted by atomic mass is 9.92. The molecule has 1 aliphatic carbocycles. The zero-order valence-corrected chi connectivity index (χ0v) is 12.5. The summed E-state index contributed by atoms with van der Waals surface area (Å²) in [5, 5.41) is 6.18. The Hall–Kier alpha value is -1.09. The summed E-state index contributed by atoms with van der Waals surface area (Å²) in [6.07, 6.45) is 11.3. The van der Waals surface area contributed by atoms with Gasteiger partial charge in [0.15, 0.2) is 0 Å². The average molecular weight is 264 g/mol. The summed E-state index contributed by atoms with van der Waals surface area (Å²) >= 11 is 0. The van der Waals surface area contributed by atoms with Crippen molar-refractivity contribution in [2.45, 2.75) is 52.0 Å². The number of unbranched alkanes of at least 4 members (excludes halogenated alkanes) is 1. The van der Waals surface area contributed by atoms with Crippen LogP contribution in [0.5, 0.6) is 0 Å². The van der Waals surface area contributed by atoms with E-state index in [1.807, 2.05) is 7.05 Å². The van der Waals surface area contributed by atoms with Crippen molar-refractivity contribution >= 4 is 5.91 Å². The molecule has 0 aromatic heterocycles. The Morgan fingerprint density at radius 3 is 2.84 bits per heavy atom. The van der Waals surface area contributed by atoms with Crippen LogP contribution in [0.1, 0.15) is 46.0 Å². The largest absolute Gasteiger partial charge is 0.350 e. The predicted octanol–water partition coefficient (Wildman–Crippen LogP) is 2.79. The molecule has 0 spiro atoms. The zero-order valence-electron chi connectivity index (χ0n) is 12.5. The quantitative estimate of drug-likeness (QED) is 0.662. The molecule has 2 unspecified atom stereocenters. The number of carbonyl (C=O) groups is 1. The van der Waals surface area contributed by atoms with Crippen molar-refractivity contribution in [3.63, 3.8) is 0 Å². The molecular weight excluding hydrogens is 236 g/mol. The van der Waals surface area contributed by atoms with Crippen molar-refractivity contribution in [1.29, 1.82) is 0 Å². The van der Waals surface area contributed by atoms with E-state index in [1.165, 1.54) is 12.0 Å². The van der Waals surface area contributed by atoms with E-state index in [4.69, 9.17) is 0 Å². The Balaban J connectivity index is 2.24. The first-order chi connectivity index (χ1) is 9.17. The van der Waals surface area contributed by atoms with Crippen LogP contribution in [-0.2, 0) is 4.79 Å². The summed E-state index contributed by atoms with van der Waals surface area (Å²) in [5.74, 6) is 0.792. The van der Waals surface area contributed by atoms with Crippen LogP contribution in [0.3, 0.4) is 0 Å². The molecule has 0 bridgehead atoms. The number of allylic oxidation sites excluding steroid dienone is 2. The van der Waals surface area contributed by atoms with E-state index in [0.29, 0.717) is 12.3 Å². The van der Waals surface area contributed by atoms with E-state index in [9.17, 15) is 4.79 Å². The Morgan fingerprint density at radius 1 is 1.47 bits per heavy atom. The highest BCUT2D eigenvalue weighted by Crippen LogP contribution is 2.20. The number of hydrogen-bond donors (Lipinski definition) is 2. The van der Waals surface area contributed by atoms with Gasteiger partial charge in [0.1, 0.15) is 0 Å². The molecule has 3 nitrogen and oxygen atoms in total. The maximum absolute atomic E-state index is 11.8. The number of amides is 1. The van der Waals surface area contributed by atoms with Crippen LogP contribution in [0.2, 0.25) is 0 Å². The predicted molar refractivity (Wildman–Crippen MR) is 81.0 cm³/mol. The number of carbonyl (C=O) groups excluding carboxylic acids is 1. The van der Waals surface area contributed by atoms with E-state index >= 15 is 0 Å². The van der Waals surface area contributed by atoms with Gasteiger partial charge in [-0.05, 0) is 50.8 Å². The van der Waals surface area contributed by atoms with Crippen LogP contribution in [-0.4, -0.2) is 25.5 Å². The van der Waals surface area contributed by atoms with E-state index in [0.717, 1.165) is 25.8 Å². The first-order valence-electron chi connectivity index (χ1n) is 7.49. The molecule has 1 aliphatic rings. The summed E-state index contributed by atoms with van der Waals surface area (Å²) in [5.41, 5.74) is 1.40. The topological polar surface area (TPSA) is 41.1 Å². The van der Waals surface area contributed by atoms with Crippen LogP contribution < -0.4 is 10.6 Å². The van der Waals surface area contributed by atoms with E-state index in [1.54, 1.807) is 0 Å². The van der Waals surface area contributed by atoms with Gasteiger partial charge in [0.05, 0.1) is 6.04 Å². The van der Waals surface area contributed by atoms with Crippen molar-refractivity contribution in [3.05, 3.63) is 23.8 Å². The van der Waals surface area contributed by atoms with Crippen LogP contribution >= 0.6 is 0 Å². The van der Waals surface area contributed by atoms with Crippen LogP contribution in [0.25, 0.3) is 0 Å². The maximum Gasteiger partial charge on any atom is 0.220 e. The summed E-state index contributed by atoms with van der Waals surface area (Å²) in [6, 6.07) is 0.185. The van der Waals surface area contributed by atoms with Gasteiger partial charge in [-0.15, -0.1) is 0 Å². The van der Waals surface area contributed by atoms with Gasteiger partial charge < -0.3 is 10.6 Å². The fourth-order valence-electron chi connectivity index (χ4n) is 2.21. The van der Waals surface area contributed by atoms with Crippen molar-refractivity contribution < 1.29 is 4.79 Å². The van der Waals surface area contributed by atoms with Crippen molar-refractivity contribution in [2.24, 2.45) is 5.92 Å². The summed E-state index contributed by atoms with van der Waals surface area (Å²) in [4.78, 5) is 11.8. The Bertz CT molecular complexity index is 334. The third-order valence-corrected chi connectivity index (χ3v) is 3.74. The Labute approximate surface area is 117 Å². The van der Waals surface area contributed by atoms with Crippen LogP contribution in [0.4, 0.5) is 0 Å². The van der Waals surface area contributed by atoms with Gasteiger partial charge in [0.2, 0.25) is 5.91 Å². The highest BCUT2D eigenvalue weighted by Gasteiger charge is 2.13. The smallest absolute Gasteiger partial charge is 0.220 e. The molecule has 0 fully saturated rings. The lowest BCUT2D eigenvalue weighted by Gasteiger charge is -2.20. The summed E-state index contributed by atoms with van der Waals surface area (Å²) in [6.45, 7) is 5.44. The fourth-order valence-corrected chi connectivity index (χ4v) is 2.21. The van der Waals surface area contributed by atoms with E-state index in [-0.39, 0.29) is 11.9 Å². The number of hydrogen-bond acceptors (Lipinski definition) is 2. The molecule has 0 heterocycles. The van der Waals surface area contributed by atoms with Crippen molar-refractivity contribution in [1.82, 2.24) is 10.6 Å². The maximum atomic E-state index is 11.8. The molecule has 19 heavy (non-hydrogen) atoms. The van der Waals surface area contributed by atoms with Gasteiger partial charge in [-0.3, -0.25) is 4.79 Å². The molecule has 0 saturated carbocycles. The standard InChI is InChI=1S/C16H28N2O/c1-4-13(2)14-8-10-15(11-9-14)18-16(19)7-5-6-12-17-3/h8-10,13,15,17H,4-7,11-12H2,1-3H3,(H,18,19). The highest BCUT2D eigenvalue weighted by atomic mass is 16.1. The molecule has 1 amide bonds. The molecule has 0 radical (unpaired) electrons. The normalized spacial score (nSPS) is 19.9. The van der Waals surface area contributed by atoms with Crippen LogP contribution in [0.15, 0.2) is 23.8 Å². The molecule has 0 saturated heterocycles. The molecular formula is C16H28N2O. The Kier molecular flexibility index (Phi) is 7.49. The molecule has 1 rings (SSSR count). The minimum absolute atomic E-state index is 0.172. The minimum atomic E-state index is 0.172. The molecule has 0 aromatic carbocycles. The lowest BCUT2D eigenvalue weighted by molar-refractivity contribution is -0.121. The monoisotopic (exact) mass is 264 g/mol. The molecule has 0 aliphatic heterocycles. The second-order valence-corrected chi connectivity index (χ2v) is 5.34. The number of rotatable bonds is 8. The second kappa shape index (κ2) is 8.92. The Morgan fingerprint density at radius 2 is 2.26 bits per heavy atom.